The van der Waals surface area contributed by atoms with Crippen LogP contribution in [0.5, 0.6) is 5.75 Å². The highest BCUT2D eigenvalue weighted by atomic mass is 32.2. The summed E-state index contributed by atoms with van der Waals surface area (Å²) in [5, 5.41) is 12.6. The molecule has 0 aromatic heterocycles. The minimum Gasteiger partial charge on any atom is -0.492 e. The quantitative estimate of drug-likeness (QED) is 0.708. The average Bonchev–Trinajstić information content (AvgIpc) is 2.86. The van der Waals surface area contributed by atoms with Crippen LogP contribution in [0.4, 0.5) is 0 Å². The van der Waals surface area contributed by atoms with Crippen molar-refractivity contribution in [3.63, 3.8) is 0 Å². The van der Waals surface area contributed by atoms with Crippen LogP contribution in [0.15, 0.2) is 29.2 Å². The minimum atomic E-state index is -3.26. The molecule has 1 aliphatic heterocycles. The maximum absolute atomic E-state index is 11.5. The summed E-state index contributed by atoms with van der Waals surface area (Å²) in [6.45, 7) is 2.13. The van der Waals surface area contributed by atoms with Gasteiger partial charge in [0.2, 0.25) is 5.91 Å². The van der Waals surface area contributed by atoms with E-state index in [0.717, 1.165) is 6.26 Å². The molecule has 1 fully saturated rings. The summed E-state index contributed by atoms with van der Waals surface area (Å²) in [7, 11) is -1.67. The number of ether oxygens (including phenoxy) is 1. The number of carbonyl (C=O) groups excluding carboxylic acids is 1. The van der Waals surface area contributed by atoms with E-state index in [0.29, 0.717) is 38.4 Å². The molecule has 0 aliphatic carbocycles. The van der Waals surface area contributed by atoms with Gasteiger partial charge in [-0.3, -0.25) is 9.69 Å². The molecule has 2 rings (SSSR count). The monoisotopic (exact) mass is 356 g/mol. The number of sulfone groups is 1. The molecule has 0 saturated carbocycles. The highest BCUT2D eigenvalue weighted by Gasteiger charge is 2.32. The Bertz CT molecular complexity index is 677. The Kier molecular flexibility index (Phi) is 6.20. The SMILES string of the molecule is CNC(=O)C[C@@H]1CN(CCOc2cccc(S(C)(=O)=O)c2)C[C@H]1O. The van der Waals surface area contributed by atoms with Gasteiger partial charge in [-0.25, -0.2) is 8.42 Å². The molecule has 1 aliphatic rings. The summed E-state index contributed by atoms with van der Waals surface area (Å²) in [4.78, 5) is 13.7. The molecule has 1 aromatic carbocycles. The fourth-order valence-corrected chi connectivity index (χ4v) is 3.41. The zero-order chi connectivity index (χ0) is 17.7. The second-order valence-corrected chi connectivity index (χ2v) is 8.08. The van der Waals surface area contributed by atoms with E-state index in [1.54, 1.807) is 19.2 Å². The van der Waals surface area contributed by atoms with Crippen LogP contribution in [-0.4, -0.2) is 70.0 Å². The number of rotatable bonds is 7. The van der Waals surface area contributed by atoms with Gasteiger partial charge in [0.1, 0.15) is 12.4 Å². The molecule has 1 amide bonds. The maximum Gasteiger partial charge on any atom is 0.220 e. The van der Waals surface area contributed by atoms with E-state index >= 15 is 0 Å². The first-order valence-corrected chi connectivity index (χ1v) is 9.72. The van der Waals surface area contributed by atoms with Gasteiger partial charge in [-0.1, -0.05) is 6.07 Å². The molecule has 1 saturated heterocycles. The lowest BCUT2D eigenvalue weighted by atomic mass is 10.0. The first-order valence-electron chi connectivity index (χ1n) is 7.83. The molecule has 0 unspecified atom stereocenters. The number of β-amino-alcohol motifs (C(OH)–C–C–N with tert-alkyl or cyclic N) is 1. The van der Waals surface area contributed by atoms with E-state index in [4.69, 9.17) is 4.74 Å². The third-order valence-electron chi connectivity index (χ3n) is 4.12. The van der Waals surface area contributed by atoms with Crippen molar-refractivity contribution in [2.75, 3.05) is 39.5 Å². The number of nitrogens with zero attached hydrogens (tertiary/aromatic N) is 1. The van der Waals surface area contributed by atoms with Crippen LogP contribution >= 0.6 is 0 Å². The Balaban J connectivity index is 1.82. The lowest BCUT2D eigenvalue weighted by molar-refractivity contribution is -0.122. The Hall–Kier alpha value is -1.64. The van der Waals surface area contributed by atoms with Gasteiger partial charge in [-0.15, -0.1) is 0 Å². The topological polar surface area (TPSA) is 95.9 Å². The fraction of sp³-hybridized carbons (Fsp3) is 0.562. The molecule has 0 spiro atoms. The lowest BCUT2D eigenvalue weighted by Gasteiger charge is -2.16. The summed E-state index contributed by atoms with van der Waals surface area (Å²) in [5.74, 6) is 0.354. The van der Waals surface area contributed by atoms with Gasteiger partial charge in [-0.05, 0) is 18.2 Å². The fourth-order valence-electron chi connectivity index (χ4n) is 2.75. The van der Waals surface area contributed by atoms with Crippen LogP contribution in [0.25, 0.3) is 0 Å². The first-order chi connectivity index (χ1) is 11.3. The van der Waals surface area contributed by atoms with Crippen LogP contribution in [0, 0.1) is 5.92 Å². The van der Waals surface area contributed by atoms with Crippen molar-refractivity contribution in [3.05, 3.63) is 24.3 Å². The zero-order valence-corrected chi connectivity index (χ0v) is 14.8. The molecule has 2 N–H and O–H groups in total. The minimum absolute atomic E-state index is 0.0708. The van der Waals surface area contributed by atoms with Crippen molar-refractivity contribution in [1.29, 1.82) is 0 Å². The maximum atomic E-state index is 11.5. The van der Waals surface area contributed by atoms with E-state index < -0.39 is 15.9 Å². The van der Waals surface area contributed by atoms with Crippen molar-refractivity contribution < 1.29 is 23.1 Å². The zero-order valence-electron chi connectivity index (χ0n) is 13.9. The molecule has 24 heavy (non-hydrogen) atoms. The molecule has 134 valence electrons. The van der Waals surface area contributed by atoms with Crippen molar-refractivity contribution in [2.45, 2.75) is 17.4 Å². The van der Waals surface area contributed by atoms with Crippen LogP contribution in [-0.2, 0) is 14.6 Å². The molecule has 2 atom stereocenters. The van der Waals surface area contributed by atoms with Crippen LogP contribution in [0.3, 0.4) is 0 Å². The number of hydrogen-bond donors (Lipinski definition) is 2. The van der Waals surface area contributed by atoms with Gasteiger partial charge in [0.05, 0.1) is 11.0 Å². The molecule has 1 aromatic rings. The normalized spacial score (nSPS) is 21.6. The van der Waals surface area contributed by atoms with E-state index in [-0.39, 0.29) is 16.7 Å². The number of aliphatic hydroxyl groups is 1. The van der Waals surface area contributed by atoms with Gasteiger partial charge < -0.3 is 15.2 Å². The lowest BCUT2D eigenvalue weighted by Crippen LogP contribution is -2.27. The van der Waals surface area contributed by atoms with Crippen molar-refractivity contribution in [1.82, 2.24) is 10.2 Å². The predicted octanol–water partition coefficient (Wildman–Crippen LogP) is -0.102. The van der Waals surface area contributed by atoms with E-state index in [2.05, 4.69) is 5.32 Å². The standard InChI is InChI=1S/C16H24N2O5S/c1-17-16(20)8-12-10-18(11-15(12)19)6-7-23-13-4-3-5-14(9-13)24(2,21)22/h3-5,9,12,15,19H,6-8,10-11H2,1-2H3,(H,17,20)/t12-,15-/m1/s1. The second kappa shape index (κ2) is 7.96. The number of amides is 1. The molecule has 1 heterocycles. The summed E-state index contributed by atoms with van der Waals surface area (Å²) >= 11 is 0. The number of benzene rings is 1. The highest BCUT2D eigenvalue weighted by Crippen LogP contribution is 2.21. The molecular formula is C16H24N2O5S. The van der Waals surface area contributed by atoms with Crippen LogP contribution in [0.1, 0.15) is 6.42 Å². The largest absolute Gasteiger partial charge is 0.492 e. The molecular weight excluding hydrogens is 332 g/mol. The Morgan fingerprint density at radius 3 is 2.83 bits per heavy atom. The van der Waals surface area contributed by atoms with E-state index in [1.165, 1.54) is 12.1 Å². The number of carbonyl (C=O) groups is 1. The van der Waals surface area contributed by atoms with Crippen LogP contribution in [0.2, 0.25) is 0 Å². The summed E-state index contributed by atoms with van der Waals surface area (Å²) in [6.07, 6.45) is 0.950. The highest BCUT2D eigenvalue weighted by molar-refractivity contribution is 7.90. The van der Waals surface area contributed by atoms with Gasteiger partial charge in [0.15, 0.2) is 9.84 Å². The Labute approximate surface area is 142 Å². The summed E-state index contributed by atoms with van der Waals surface area (Å²) in [6, 6.07) is 6.39. The smallest absolute Gasteiger partial charge is 0.220 e. The van der Waals surface area contributed by atoms with Crippen molar-refractivity contribution >= 4 is 15.7 Å². The number of hydrogen-bond acceptors (Lipinski definition) is 6. The molecule has 7 nitrogen and oxygen atoms in total. The molecule has 0 bridgehead atoms. The van der Waals surface area contributed by atoms with Gasteiger partial charge in [0.25, 0.3) is 0 Å². The third kappa shape index (κ3) is 5.19. The van der Waals surface area contributed by atoms with Gasteiger partial charge in [-0.2, -0.15) is 0 Å². The van der Waals surface area contributed by atoms with E-state index in [1.807, 2.05) is 4.90 Å². The van der Waals surface area contributed by atoms with Crippen molar-refractivity contribution in [2.24, 2.45) is 5.92 Å². The average molecular weight is 356 g/mol. The summed E-state index contributed by atoms with van der Waals surface area (Å²) in [5.41, 5.74) is 0. The Morgan fingerprint density at radius 2 is 2.17 bits per heavy atom. The third-order valence-corrected chi connectivity index (χ3v) is 5.23. The Morgan fingerprint density at radius 1 is 1.42 bits per heavy atom. The summed E-state index contributed by atoms with van der Waals surface area (Å²) < 4.78 is 28.7. The van der Waals surface area contributed by atoms with Crippen molar-refractivity contribution in [3.8, 4) is 5.75 Å². The number of nitrogens with one attached hydrogen (secondary N) is 1. The number of likely N-dealkylation sites (tertiary alicyclic amines) is 1. The molecule has 0 radical (unpaired) electrons. The predicted molar refractivity (Wildman–Crippen MR) is 89.7 cm³/mol. The number of aliphatic hydroxyl groups excluding tert-OH is 1. The second-order valence-electron chi connectivity index (χ2n) is 6.06. The van der Waals surface area contributed by atoms with Gasteiger partial charge >= 0.3 is 0 Å². The first kappa shape index (κ1) is 18.7. The van der Waals surface area contributed by atoms with E-state index in [9.17, 15) is 18.3 Å². The van der Waals surface area contributed by atoms with Crippen LogP contribution < -0.4 is 10.1 Å². The molecule has 8 heteroatoms. The van der Waals surface area contributed by atoms with Gasteiger partial charge in [0, 0.05) is 45.3 Å².